The zero-order valence-electron chi connectivity index (χ0n) is 12.2. The highest BCUT2D eigenvalue weighted by Gasteiger charge is 2.09. The summed E-state index contributed by atoms with van der Waals surface area (Å²) in [6.07, 6.45) is 0. The lowest BCUT2D eigenvalue weighted by molar-refractivity contribution is -0.123. The predicted molar refractivity (Wildman–Crippen MR) is 88.7 cm³/mol. The molecule has 2 rings (SSSR count). The number of nitrogens with one attached hydrogen (secondary N) is 2. The number of carbonyl (C=O) groups excluding carboxylic acids is 2. The minimum atomic E-state index is -0.507. The van der Waals surface area contributed by atoms with Crippen LogP contribution in [0.1, 0.15) is 15.9 Å². The molecule has 0 aromatic heterocycles. The number of hydrazine groups is 1. The summed E-state index contributed by atoms with van der Waals surface area (Å²) in [7, 11) is 0. The number of hydrogen-bond donors (Lipinski definition) is 2. The van der Waals surface area contributed by atoms with Crippen molar-refractivity contribution in [2.45, 2.75) is 6.92 Å². The molecule has 0 fully saturated rings. The Labute approximate surface area is 143 Å². The zero-order chi connectivity index (χ0) is 16.8. The second-order valence-corrected chi connectivity index (χ2v) is 5.55. The van der Waals surface area contributed by atoms with Crippen LogP contribution in [0, 0.1) is 6.92 Å². The van der Waals surface area contributed by atoms with Gasteiger partial charge in [0, 0.05) is 5.56 Å². The molecule has 0 aliphatic heterocycles. The number of halogens is 2. The maximum Gasteiger partial charge on any atom is 0.276 e. The van der Waals surface area contributed by atoms with Crippen molar-refractivity contribution in [2.75, 3.05) is 6.61 Å². The maximum absolute atomic E-state index is 11.9. The lowest BCUT2D eigenvalue weighted by Gasteiger charge is -2.09. The van der Waals surface area contributed by atoms with Crippen LogP contribution in [0.15, 0.2) is 42.5 Å². The van der Waals surface area contributed by atoms with Crippen molar-refractivity contribution in [2.24, 2.45) is 0 Å². The number of ether oxygens (including phenoxy) is 1. The molecule has 5 nitrogen and oxygen atoms in total. The van der Waals surface area contributed by atoms with Crippen LogP contribution in [-0.2, 0) is 4.79 Å². The van der Waals surface area contributed by atoms with E-state index in [0.29, 0.717) is 10.8 Å². The molecule has 0 bridgehead atoms. The summed E-state index contributed by atoms with van der Waals surface area (Å²) < 4.78 is 5.32. The van der Waals surface area contributed by atoms with E-state index in [4.69, 9.17) is 27.9 Å². The summed E-state index contributed by atoms with van der Waals surface area (Å²) in [5.41, 5.74) is 5.83. The number of carbonyl (C=O) groups is 2. The van der Waals surface area contributed by atoms with Gasteiger partial charge in [-0.05, 0) is 42.8 Å². The van der Waals surface area contributed by atoms with E-state index in [0.717, 1.165) is 5.56 Å². The van der Waals surface area contributed by atoms with Gasteiger partial charge in [-0.25, -0.2) is 0 Å². The average molecular weight is 353 g/mol. The fraction of sp³-hybridized carbons (Fsp3) is 0.125. The monoisotopic (exact) mass is 352 g/mol. The smallest absolute Gasteiger partial charge is 0.276 e. The molecule has 7 heteroatoms. The molecule has 0 saturated carbocycles. The summed E-state index contributed by atoms with van der Waals surface area (Å²) in [6, 6.07) is 11.7. The van der Waals surface area contributed by atoms with Crippen molar-refractivity contribution in [3.63, 3.8) is 0 Å². The molecular weight excluding hydrogens is 339 g/mol. The molecule has 23 heavy (non-hydrogen) atoms. The van der Waals surface area contributed by atoms with Gasteiger partial charge in [-0.2, -0.15) is 0 Å². The van der Waals surface area contributed by atoms with E-state index < -0.39 is 11.8 Å². The largest absolute Gasteiger partial charge is 0.484 e. The maximum atomic E-state index is 11.9. The Morgan fingerprint density at radius 1 is 1.04 bits per heavy atom. The molecule has 0 unspecified atom stereocenters. The van der Waals surface area contributed by atoms with Gasteiger partial charge in [-0.1, -0.05) is 35.3 Å². The van der Waals surface area contributed by atoms with Crippen LogP contribution in [0.3, 0.4) is 0 Å². The molecular formula is C16H14Cl2N2O3. The summed E-state index contributed by atoms with van der Waals surface area (Å²) in [6.45, 7) is 1.70. The number of benzene rings is 2. The van der Waals surface area contributed by atoms with Crippen molar-refractivity contribution in [3.8, 4) is 5.75 Å². The Morgan fingerprint density at radius 3 is 2.52 bits per heavy atom. The minimum Gasteiger partial charge on any atom is -0.484 e. The second kappa shape index (κ2) is 7.85. The van der Waals surface area contributed by atoms with Crippen molar-refractivity contribution < 1.29 is 14.3 Å². The first-order chi connectivity index (χ1) is 11.0. The third-order valence-electron chi connectivity index (χ3n) is 2.86. The van der Waals surface area contributed by atoms with Crippen LogP contribution in [0.4, 0.5) is 0 Å². The van der Waals surface area contributed by atoms with Crippen LogP contribution in [0.5, 0.6) is 5.75 Å². The fourth-order valence-electron chi connectivity index (χ4n) is 1.73. The lowest BCUT2D eigenvalue weighted by atomic mass is 10.2. The van der Waals surface area contributed by atoms with Gasteiger partial charge in [-0.15, -0.1) is 0 Å². The fourth-order valence-corrected chi connectivity index (χ4v) is 2.02. The van der Waals surface area contributed by atoms with E-state index in [1.165, 1.54) is 18.2 Å². The molecule has 2 aromatic carbocycles. The van der Waals surface area contributed by atoms with Crippen LogP contribution in [-0.4, -0.2) is 18.4 Å². The van der Waals surface area contributed by atoms with Crippen molar-refractivity contribution in [1.82, 2.24) is 10.9 Å². The van der Waals surface area contributed by atoms with Crippen molar-refractivity contribution >= 4 is 35.0 Å². The number of hydrogen-bond acceptors (Lipinski definition) is 3. The van der Waals surface area contributed by atoms with Gasteiger partial charge in [0.25, 0.3) is 11.8 Å². The Morgan fingerprint density at radius 2 is 1.83 bits per heavy atom. The van der Waals surface area contributed by atoms with E-state index in [2.05, 4.69) is 10.9 Å². The third kappa shape index (κ3) is 5.16. The summed E-state index contributed by atoms with van der Waals surface area (Å²) in [5, 5.41) is 0.604. The lowest BCUT2D eigenvalue weighted by Crippen LogP contribution is -2.43. The topological polar surface area (TPSA) is 67.4 Å². The molecule has 2 amide bonds. The van der Waals surface area contributed by atoms with E-state index >= 15 is 0 Å². The Balaban J connectivity index is 1.81. The highest BCUT2D eigenvalue weighted by atomic mass is 35.5. The van der Waals surface area contributed by atoms with Gasteiger partial charge in [0.2, 0.25) is 0 Å². The Hall–Kier alpha value is -2.24. The van der Waals surface area contributed by atoms with Gasteiger partial charge < -0.3 is 4.74 Å². The minimum absolute atomic E-state index is 0.217. The van der Waals surface area contributed by atoms with Gasteiger partial charge in [0.05, 0.1) is 10.0 Å². The van der Waals surface area contributed by atoms with Gasteiger partial charge in [0.15, 0.2) is 6.61 Å². The first-order valence-electron chi connectivity index (χ1n) is 6.69. The van der Waals surface area contributed by atoms with Crippen LogP contribution in [0.25, 0.3) is 0 Å². The van der Waals surface area contributed by atoms with E-state index in [-0.39, 0.29) is 17.2 Å². The molecule has 120 valence electrons. The molecule has 0 aliphatic rings. The Bertz CT molecular complexity index is 735. The van der Waals surface area contributed by atoms with Gasteiger partial charge in [0.1, 0.15) is 5.75 Å². The van der Waals surface area contributed by atoms with Crippen LogP contribution in [0.2, 0.25) is 10.0 Å². The van der Waals surface area contributed by atoms with E-state index in [1.807, 2.05) is 25.1 Å². The molecule has 0 radical (unpaired) electrons. The summed E-state index contributed by atoms with van der Waals surface area (Å²) in [5.74, 6) is -0.414. The normalized spacial score (nSPS) is 10.0. The predicted octanol–water partition coefficient (Wildman–Crippen LogP) is 3.14. The quantitative estimate of drug-likeness (QED) is 0.830. The van der Waals surface area contributed by atoms with Crippen molar-refractivity contribution in [1.29, 1.82) is 0 Å². The average Bonchev–Trinajstić information content (AvgIpc) is 2.53. The molecule has 2 N–H and O–H groups in total. The van der Waals surface area contributed by atoms with Crippen LogP contribution < -0.4 is 15.6 Å². The zero-order valence-corrected chi connectivity index (χ0v) is 13.7. The summed E-state index contributed by atoms with van der Waals surface area (Å²) >= 11 is 11.6. The summed E-state index contributed by atoms with van der Waals surface area (Å²) in [4.78, 5) is 23.5. The molecule has 0 spiro atoms. The molecule has 0 atom stereocenters. The van der Waals surface area contributed by atoms with Gasteiger partial charge in [-0.3, -0.25) is 20.4 Å². The molecule has 2 aromatic rings. The SMILES string of the molecule is Cc1cccc(OCC(=O)NNC(=O)c2ccc(Cl)c(Cl)c2)c1. The molecule has 0 aliphatic carbocycles. The number of aryl methyl sites for hydroxylation is 1. The number of rotatable bonds is 4. The van der Waals surface area contributed by atoms with E-state index in [9.17, 15) is 9.59 Å². The first-order valence-corrected chi connectivity index (χ1v) is 7.45. The Kier molecular flexibility index (Phi) is 5.84. The second-order valence-electron chi connectivity index (χ2n) is 4.74. The standard InChI is InChI=1S/C16H14Cl2N2O3/c1-10-3-2-4-12(7-10)23-9-15(21)19-20-16(22)11-5-6-13(17)14(18)8-11/h2-8H,9H2,1H3,(H,19,21)(H,20,22). The molecule has 0 heterocycles. The highest BCUT2D eigenvalue weighted by Crippen LogP contribution is 2.22. The number of amides is 2. The van der Waals surface area contributed by atoms with Gasteiger partial charge >= 0.3 is 0 Å². The first kappa shape index (κ1) is 17.1. The molecule has 0 saturated heterocycles. The van der Waals surface area contributed by atoms with E-state index in [1.54, 1.807) is 6.07 Å². The van der Waals surface area contributed by atoms with Crippen LogP contribution >= 0.6 is 23.2 Å². The van der Waals surface area contributed by atoms with Crippen molar-refractivity contribution in [3.05, 3.63) is 63.6 Å². The highest BCUT2D eigenvalue weighted by molar-refractivity contribution is 6.42. The third-order valence-corrected chi connectivity index (χ3v) is 3.60.